The number of methoxy groups -OCH3 is 1. The number of nitrogens with zero attached hydrogens (tertiary/aromatic N) is 1. The van der Waals surface area contributed by atoms with Gasteiger partial charge in [0.05, 0.1) is 18.2 Å². The zero-order valence-corrected chi connectivity index (χ0v) is 18.2. The molecule has 2 N–H and O–H groups in total. The van der Waals surface area contributed by atoms with Crippen molar-refractivity contribution in [1.82, 2.24) is 4.98 Å². The molecular formula is C27H23N3O3. The summed E-state index contributed by atoms with van der Waals surface area (Å²) in [5.74, 6) is 0.346. The van der Waals surface area contributed by atoms with Crippen LogP contribution in [0.1, 0.15) is 38.4 Å². The van der Waals surface area contributed by atoms with Crippen LogP contribution < -0.4 is 15.4 Å². The first-order chi connectivity index (χ1) is 16.1. The molecule has 0 radical (unpaired) electrons. The van der Waals surface area contributed by atoms with E-state index in [2.05, 4.69) is 10.6 Å². The number of hydrogen-bond acceptors (Lipinski definition) is 4. The number of benzene rings is 3. The summed E-state index contributed by atoms with van der Waals surface area (Å²) in [4.78, 5) is 30.6. The molecule has 1 aliphatic rings. The van der Waals surface area contributed by atoms with Crippen LogP contribution in [0.15, 0.2) is 72.8 Å². The standard InChI is InChI=1S/C27H23N3O3/c1-33-20-15-13-19(14-16-20)28-26(31)17-9-11-18(12-10-17)29-27(32)25-21-5-2-3-7-23(21)30-24-8-4-6-22(24)25/h2-3,5,7,9-16H,4,6,8H2,1H3,(H,28,31)(H,29,32). The molecule has 0 saturated heterocycles. The first-order valence-corrected chi connectivity index (χ1v) is 10.9. The third-order valence-corrected chi connectivity index (χ3v) is 5.90. The van der Waals surface area contributed by atoms with E-state index in [1.165, 1.54) is 0 Å². The smallest absolute Gasteiger partial charge is 0.256 e. The lowest BCUT2D eigenvalue weighted by molar-refractivity contribution is 0.102. The van der Waals surface area contributed by atoms with Gasteiger partial charge in [0.2, 0.25) is 0 Å². The predicted molar refractivity (Wildman–Crippen MR) is 129 cm³/mol. The van der Waals surface area contributed by atoms with E-state index in [0.717, 1.165) is 47.2 Å². The van der Waals surface area contributed by atoms with Gasteiger partial charge in [-0.3, -0.25) is 14.6 Å². The number of hydrogen-bond donors (Lipinski definition) is 2. The maximum absolute atomic E-state index is 13.3. The molecule has 164 valence electrons. The molecule has 2 amide bonds. The van der Waals surface area contributed by atoms with Crippen LogP contribution in [0.5, 0.6) is 5.75 Å². The summed E-state index contributed by atoms with van der Waals surface area (Å²) >= 11 is 0. The fraction of sp³-hybridized carbons (Fsp3) is 0.148. The molecule has 5 rings (SSSR count). The molecule has 1 aromatic heterocycles. The minimum Gasteiger partial charge on any atom is -0.497 e. The van der Waals surface area contributed by atoms with E-state index in [0.29, 0.717) is 22.5 Å². The number of ether oxygens (including phenoxy) is 1. The number of para-hydroxylation sites is 1. The summed E-state index contributed by atoms with van der Waals surface area (Å²) in [5, 5.41) is 6.72. The van der Waals surface area contributed by atoms with E-state index in [-0.39, 0.29) is 11.8 Å². The van der Waals surface area contributed by atoms with Gasteiger partial charge in [-0.15, -0.1) is 0 Å². The van der Waals surface area contributed by atoms with Gasteiger partial charge in [0.1, 0.15) is 5.75 Å². The van der Waals surface area contributed by atoms with Crippen molar-refractivity contribution in [2.45, 2.75) is 19.3 Å². The molecule has 0 aliphatic heterocycles. The van der Waals surface area contributed by atoms with Crippen molar-refractivity contribution in [2.75, 3.05) is 17.7 Å². The first kappa shape index (κ1) is 20.7. The third-order valence-electron chi connectivity index (χ3n) is 5.90. The fourth-order valence-electron chi connectivity index (χ4n) is 4.25. The quantitative estimate of drug-likeness (QED) is 0.448. The summed E-state index contributed by atoms with van der Waals surface area (Å²) in [6, 6.07) is 21.8. The molecule has 0 unspecified atom stereocenters. The lowest BCUT2D eigenvalue weighted by Crippen LogP contribution is -2.16. The summed E-state index contributed by atoms with van der Waals surface area (Å²) in [7, 11) is 1.60. The third kappa shape index (κ3) is 4.15. The van der Waals surface area contributed by atoms with Gasteiger partial charge in [0, 0.05) is 28.0 Å². The summed E-state index contributed by atoms with van der Waals surface area (Å²) in [5.41, 5.74) is 5.42. The molecule has 0 atom stereocenters. The Labute approximate surface area is 191 Å². The van der Waals surface area contributed by atoms with Crippen molar-refractivity contribution in [2.24, 2.45) is 0 Å². The number of rotatable bonds is 5. The lowest BCUT2D eigenvalue weighted by Gasteiger charge is -2.13. The van der Waals surface area contributed by atoms with Crippen LogP contribution in [0.25, 0.3) is 10.9 Å². The van der Waals surface area contributed by atoms with Crippen LogP contribution >= 0.6 is 0 Å². The van der Waals surface area contributed by atoms with Crippen molar-refractivity contribution in [1.29, 1.82) is 0 Å². The SMILES string of the molecule is COc1ccc(NC(=O)c2ccc(NC(=O)c3c4c(nc5ccccc35)CCC4)cc2)cc1. The van der Waals surface area contributed by atoms with Crippen molar-refractivity contribution >= 4 is 34.1 Å². The molecule has 1 heterocycles. The molecule has 0 bridgehead atoms. The number of aryl methyl sites for hydroxylation is 1. The molecule has 33 heavy (non-hydrogen) atoms. The second kappa shape index (κ2) is 8.74. The Morgan fingerprint density at radius 3 is 2.21 bits per heavy atom. The number of fused-ring (bicyclic) bond motifs is 2. The van der Waals surface area contributed by atoms with Crippen LogP contribution in [0.2, 0.25) is 0 Å². The highest BCUT2D eigenvalue weighted by molar-refractivity contribution is 6.14. The second-order valence-electron chi connectivity index (χ2n) is 8.00. The van der Waals surface area contributed by atoms with Crippen molar-refractivity contribution in [3.8, 4) is 5.75 Å². The fourth-order valence-corrected chi connectivity index (χ4v) is 4.25. The lowest BCUT2D eigenvalue weighted by atomic mass is 10.0. The van der Waals surface area contributed by atoms with E-state index in [1.54, 1.807) is 55.6 Å². The number of nitrogens with one attached hydrogen (secondary N) is 2. The minimum absolute atomic E-state index is 0.151. The van der Waals surface area contributed by atoms with Crippen LogP contribution in [0.3, 0.4) is 0 Å². The van der Waals surface area contributed by atoms with E-state index in [1.807, 2.05) is 24.3 Å². The van der Waals surface area contributed by atoms with E-state index in [4.69, 9.17) is 9.72 Å². The van der Waals surface area contributed by atoms with Gasteiger partial charge in [0.15, 0.2) is 0 Å². The molecule has 3 aromatic carbocycles. The highest BCUT2D eigenvalue weighted by atomic mass is 16.5. The van der Waals surface area contributed by atoms with Gasteiger partial charge in [0.25, 0.3) is 11.8 Å². The van der Waals surface area contributed by atoms with Crippen LogP contribution in [-0.2, 0) is 12.8 Å². The monoisotopic (exact) mass is 437 g/mol. The summed E-state index contributed by atoms with van der Waals surface area (Å²) in [6.07, 6.45) is 2.77. The molecular weight excluding hydrogens is 414 g/mol. The molecule has 6 heteroatoms. The summed E-state index contributed by atoms with van der Waals surface area (Å²) in [6.45, 7) is 0. The van der Waals surface area contributed by atoms with E-state index >= 15 is 0 Å². The topological polar surface area (TPSA) is 80.3 Å². The number of aromatic nitrogens is 1. The molecule has 4 aromatic rings. The Balaban J connectivity index is 1.34. The van der Waals surface area contributed by atoms with Gasteiger partial charge in [-0.1, -0.05) is 18.2 Å². The van der Waals surface area contributed by atoms with E-state index < -0.39 is 0 Å². The zero-order valence-electron chi connectivity index (χ0n) is 18.2. The largest absolute Gasteiger partial charge is 0.497 e. The van der Waals surface area contributed by atoms with Crippen LogP contribution in [0.4, 0.5) is 11.4 Å². The average molecular weight is 437 g/mol. The molecule has 0 fully saturated rings. The van der Waals surface area contributed by atoms with Gasteiger partial charge in [-0.05, 0) is 79.4 Å². The number of carbonyl (C=O) groups excluding carboxylic acids is 2. The normalized spacial score (nSPS) is 12.3. The van der Waals surface area contributed by atoms with Crippen molar-refractivity contribution < 1.29 is 14.3 Å². The molecule has 6 nitrogen and oxygen atoms in total. The highest BCUT2D eigenvalue weighted by Crippen LogP contribution is 2.30. The number of amides is 2. The molecule has 1 aliphatic carbocycles. The first-order valence-electron chi connectivity index (χ1n) is 10.9. The number of pyridine rings is 1. The average Bonchev–Trinajstić information content (AvgIpc) is 3.31. The Kier molecular flexibility index (Phi) is 5.48. The van der Waals surface area contributed by atoms with Crippen molar-refractivity contribution in [3.05, 3.63) is 95.2 Å². The Morgan fingerprint density at radius 2 is 1.48 bits per heavy atom. The van der Waals surface area contributed by atoms with Gasteiger partial charge >= 0.3 is 0 Å². The van der Waals surface area contributed by atoms with Crippen LogP contribution in [0, 0.1) is 0 Å². The zero-order chi connectivity index (χ0) is 22.8. The van der Waals surface area contributed by atoms with Gasteiger partial charge in [-0.25, -0.2) is 0 Å². The Hall–Kier alpha value is -4.19. The second-order valence-corrected chi connectivity index (χ2v) is 8.00. The van der Waals surface area contributed by atoms with Crippen LogP contribution in [-0.4, -0.2) is 23.9 Å². The Bertz CT molecular complexity index is 1350. The van der Waals surface area contributed by atoms with Gasteiger partial charge in [-0.2, -0.15) is 0 Å². The molecule has 0 spiro atoms. The molecule has 0 saturated carbocycles. The predicted octanol–water partition coefficient (Wildman–Crippen LogP) is 5.24. The summed E-state index contributed by atoms with van der Waals surface area (Å²) < 4.78 is 5.13. The van der Waals surface area contributed by atoms with E-state index in [9.17, 15) is 9.59 Å². The van der Waals surface area contributed by atoms with Gasteiger partial charge < -0.3 is 15.4 Å². The Morgan fingerprint density at radius 1 is 0.818 bits per heavy atom. The highest BCUT2D eigenvalue weighted by Gasteiger charge is 2.23. The number of anilines is 2. The maximum atomic E-state index is 13.3. The number of carbonyl (C=O) groups is 2. The van der Waals surface area contributed by atoms with Crippen molar-refractivity contribution in [3.63, 3.8) is 0 Å². The minimum atomic E-state index is -0.226. The maximum Gasteiger partial charge on any atom is 0.256 e.